The van der Waals surface area contributed by atoms with Crippen LogP contribution in [0.3, 0.4) is 0 Å². The zero-order valence-electron chi connectivity index (χ0n) is 12.5. The molecule has 25 heavy (non-hydrogen) atoms. The molecule has 0 aromatic heterocycles. The van der Waals surface area contributed by atoms with Crippen molar-refractivity contribution in [3.8, 4) is 5.75 Å². The molecule has 2 aromatic carbocycles. The number of thioether (sulfide) groups is 1. The van der Waals surface area contributed by atoms with Crippen LogP contribution in [-0.2, 0) is 14.9 Å². The van der Waals surface area contributed by atoms with Gasteiger partial charge in [0.2, 0.25) is 0 Å². The fourth-order valence-corrected chi connectivity index (χ4v) is 3.78. The molecule has 0 radical (unpaired) electrons. The van der Waals surface area contributed by atoms with Crippen molar-refractivity contribution in [2.75, 3.05) is 0 Å². The van der Waals surface area contributed by atoms with Gasteiger partial charge >= 0.3 is 10.1 Å². The molecular weight excluding hydrogens is 384 g/mol. The maximum Gasteiger partial charge on any atom is 0.339 e. The smallest absolute Gasteiger partial charge is 0.339 e. The first-order chi connectivity index (χ1) is 11.8. The van der Waals surface area contributed by atoms with E-state index < -0.39 is 10.1 Å². The van der Waals surface area contributed by atoms with Crippen molar-refractivity contribution in [1.82, 2.24) is 5.32 Å². The van der Waals surface area contributed by atoms with E-state index in [1.807, 2.05) is 0 Å². The summed E-state index contributed by atoms with van der Waals surface area (Å²) in [5.74, 6) is -0.252. The van der Waals surface area contributed by atoms with E-state index in [9.17, 15) is 13.2 Å². The van der Waals surface area contributed by atoms with Crippen molar-refractivity contribution < 1.29 is 17.4 Å². The van der Waals surface area contributed by atoms with Gasteiger partial charge in [0.05, 0.1) is 4.91 Å². The minimum Gasteiger partial charge on any atom is -0.379 e. The topological polar surface area (TPSA) is 96.3 Å². The monoisotopic (exact) mass is 394 g/mol. The van der Waals surface area contributed by atoms with Crippen molar-refractivity contribution in [1.29, 1.82) is 5.41 Å². The van der Waals surface area contributed by atoms with Crippen molar-refractivity contribution in [2.24, 2.45) is 0 Å². The first-order valence-corrected chi connectivity index (χ1v) is 9.53. The van der Waals surface area contributed by atoms with Crippen LogP contribution in [0.25, 0.3) is 6.08 Å². The predicted molar refractivity (Wildman–Crippen MR) is 97.1 cm³/mol. The van der Waals surface area contributed by atoms with Crippen LogP contribution in [-0.4, -0.2) is 19.5 Å². The van der Waals surface area contributed by atoms with Crippen LogP contribution >= 0.6 is 23.4 Å². The van der Waals surface area contributed by atoms with Gasteiger partial charge in [-0.2, -0.15) is 8.42 Å². The Morgan fingerprint density at radius 2 is 1.88 bits per heavy atom. The van der Waals surface area contributed by atoms with Gasteiger partial charge in [0.15, 0.2) is 5.17 Å². The fourth-order valence-electron chi connectivity index (χ4n) is 2.03. The van der Waals surface area contributed by atoms with E-state index >= 15 is 0 Å². The Morgan fingerprint density at radius 1 is 1.16 bits per heavy atom. The minimum absolute atomic E-state index is 0.0140. The summed E-state index contributed by atoms with van der Waals surface area (Å²) in [5.41, 5.74) is 0.580. The lowest BCUT2D eigenvalue weighted by atomic mass is 10.2. The van der Waals surface area contributed by atoms with Crippen LogP contribution in [0.15, 0.2) is 58.3 Å². The summed E-state index contributed by atoms with van der Waals surface area (Å²) in [6.07, 6.45) is 1.56. The van der Waals surface area contributed by atoms with E-state index in [0.717, 1.165) is 11.8 Å². The van der Waals surface area contributed by atoms with E-state index in [0.29, 0.717) is 15.5 Å². The second kappa shape index (κ2) is 6.91. The van der Waals surface area contributed by atoms with Gasteiger partial charge in [-0.05, 0) is 59.8 Å². The summed E-state index contributed by atoms with van der Waals surface area (Å²) in [6, 6.07) is 11.9. The molecule has 128 valence electrons. The van der Waals surface area contributed by atoms with Gasteiger partial charge in [-0.15, -0.1) is 0 Å². The molecule has 2 aromatic rings. The Bertz CT molecular complexity index is 985. The van der Waals surface area contributed by atoms with Crippen LogP contribution in [0.1, 0.15) is 5.56 Å². The summed E-state index contributed by atoms with van der Waals surface area (Å²) in [7, 11) is -3.99. The van der Waals surface area contributed by atoms with Crippen LogP contribution < -0.4 is 9.50 Å². The predicted octanol–water partition coefficient (Wildman–Crippen LogP) is 3.25. The highest BCUT2D eigenvalue weighted by Crippen LogP contribution is 2.27. The van der Waals surface area contributed by atoms with Crippen molar-refractivity contribution in [2.45, 2.75) is 4.90 Å². The molecule has 0 atom stereocenters. The number of hydrogen-bond donors (Lipinski definition) is 2. The molecule has 1 fully saturated rings. The Labute approximate surface area is 153 Å². The number of halogens is 1. The third-order valence-corrected chi connectivity index (χ3v) is 5.47. The average molecular weight is 395 g/mol. The Morgan fingerprint density at radius 3 is 2.52 bits per heavy atom. The first kappa shape index (κ1) is 17.5. The molecule has 2 N–H and O–H groups in total. The molecule has 0 spiro atoms. The van der Waals surface area contributed by atoms with Gasteiger partial charge in [-0.3, -0.25) is 10.2 Å². The van der Waals surface area contributed by atoms with Gasteiger partial charge in [0.25, 0.3) is 5.91 Å². The fraction of sp³-hybridized carbons (Fsp3) is 0. The van der Waals surface area contributed by atoms with Gasteiger partial charge in [-0.25, -0.2) is 0 Å². The molecule has 1 aliphatic heterocycles. The third-order valence-electron chi connectivity index (χ3n) is 3.13. The van der Waals surface area contributed by atoms with Gasteiger partial charge in [0, 0.05) is 5.02 Å². The van der Waals surface area contributed by atoms with E-state index in [1.165, 1.54) is 36.4 Å². The highest BCUT2D eigenvalue weighted by atomic mass is 35.5. The molecule has 3 rings (SSSR count). The van der Waals surface area contributed by atoms with E-state index in [4.69, 9.17) is 21.2 Å². The zero-order valence-corrected chi connectivity index (χ0v) is 14.9. The summed E-state index contributed by atoms with van der Waals surface area (Å²) >= 11 is 6.75. The van der Waals surface area contributed by atoms with Crippen LogP contribution in [0.2, 0.25) is 5.02 Å². The standard InChI is InChI=1S/C16H11ClN2O4S2/c17-11-4-6-13(7-5-11)25(21,22)23-12-3-1-2-10(8-12)9-14-15(20)19-16(18)24-14/h1-9H,(H2,18,19,20)/b14-9+. The van der Waals surface area contributed by atoms with Crippen LogP contribution in [0.5, 0.6) is 5.75 Å². The summed E-state index contributed by atoms with van der Waals surface area (Å²) in [5, 5.41) is 10.3. The van der Waals surface area contributed by atoms with E-state index in [1.54, 1.807) is 18.2 Å². The van der Waals surface area contributed by atoms with Gasteiger partial charge in [-0.1, -0.05) is 23.7 Å². The third kappa shape index (κ3) is 4.22. The molecule has 1 amide bonds. The summed E-state index contributed by atoms with van der Waals surface area (Å²) < 4.78 is 29.7. The second-order valence-corrected chi connectivity index (χ2v) is 7.99. The van der Waals surface area contributed by atoms with Crippen molar-refractivity contribution in [3.05, 3.63) is 64.0 Å². The average Bonchev–Trinajstić information content (AvgIpc) is 2.85. The normalized spacial score (nSPS) is 16.1. The SMILES string of the molecule is N=C1NC(=O)/C(=C\c2cccc(OS(=O)(=O)c3ccc(Cl)cc3)c2)S1. The quantitative estimate of drug-likeness (QED) is 0.613. The lowest BCUT2D eigenvalue weighted by Gasteiger charge is -2.07. The maximum atomic E-state index is 12.3. The number of nitrogens with one attached hydrogen (secondary N) is 2. The van der Waals surface area contributed by atoms with Gasteiger partial charge < -0.3 is 9.50 Å². The number of carbonyl (C=O) groups is 1. The molecule has 9 heteroatoms. The van der Waals surface area contributed by atoms with Crippen molar-refractivity contribution in [3.63, 3.8) is 0 Å². The minimum atomic E-state index is -3.99. The molecule has 1 heterocycles. The number of rotatable bonds is 4. The first-order valence-electron chi connectivity index (χ1n) is 6.93. The summed E-state index contributed by atoms with van der Waals surface area (Å²) in [6.45, 7) is 0. The number of hydrogen-bond acceptors (Lipinski definition) is 6. The number of carbonyl (C=O) groups excluding carboxylic acids is 1. The highest BCUT2D eigenvalue weighted by Gasteiger charge is 2.22. The van der Waals surface area contributed by atoms with Crippen LogP contribution in [0, 0.1) is 5.41 Å². The second-order valence-electron chi connectivity index (χ2n) is 4.96. The summed E-state index contributed by atoms with van der Waals surface area (Å²) in [4.78, 5) is 12.0. The number of amides is 1. The number of benzene rings is 2. The van der Waals surface area contributed by atoms with Crippen LogP contribution in [0.4, 0.5) is 0 Å². The molecule has 0 aliphatic carbocycles. The van der Waals surface area contributed by atoms with E-state index in [2.05, 4.69) is 5.32 Å². The maximum absolute atomic E-state index is 12.3. The Hall–Kier alpha value is -2.29. The molecule has 1 saturated heterocycles. The molecular formula is C16H11ClN2O4S2. The number of amidine groups is 1. The largest absolute Gasteiger partial charge is 0.379 e. The zero-order chi connectivity index (χ0) is 18.0. The molecule has 0 saturated carbocycles. The van der Waals surface area contributed by atoms with E-state index in [-0.39, 0.29) is 21.7 Å². The molecule has 0 bridgehead atoms. The van der Waals surface area contributed by atoms with Gasteiger partial charge in [0.1, 0.15) is 10.6 Å². The lowest BCUT2D eigenvalue weighted by Crippen LogP contribution is -2.18. The Balaban J connectivity index is 1.85. The highest BCUT2D eigenvalue weighted by molar-refractivity contribution is 8.18. The lowest BCUT2D eigenvalue weighted by molar-refractivity contribution is -0.115. The molecule has 1 aliphatic rings. The Kier molecular flexibility index (Phi) is 4.85. The van der Waals surface area contributed by atoms with Crippen molar-refractivity contribution >= 4 is 50.6 Å². The molecule has 6 nitrogen and oxygen atoms in total. The molecule has 0 unspecified atom stereocenters.